The number of hydrogen-bond donors (Lipinski definition) is 2. The summed E-state index contributed by atoms with van der Waals surface area (Å²) in [6.07, 6.45) is 0. The molecule has 0 bridgehead atoms. The molecule has 0 saturated heterocycles. The van der Waals surface area contributed by atoms with E-state index in [1.165, 1.54) is 0 Å². The Balaban J connectivity index is 0.00000529. The van der Waals surface area contributed by atoms with Crippen molar-refractivity contribution in [1.82, 2.24) is 15.5 Å². The van der Waals surface area contributed by atoms with Crippen LogP contribution in [0.5, 0.6) is 5.75 Å². The molecule has 136 valence electrons. The molecule has 0 atom stereocenters. The number of methoxy groups -OCH3 is 1. The summed E-state index contributed by atoms with van der Waals surface area (Å²) in [4.78, 5) is 17.8. The lowest BCUT2D eigenvalue weighted by atomic mass is 10.2. The molecule has 1 aromatic carbocycles. The number of benzene rings is 1. The lowest BCUT2D eigenvalue weighted by Gasteiger charge is -2.16. The van der Waals surface area contributed by atoms with E-state index < -0.39 is 0 Å². The van der Waals surface area contributed by atoms with E-state index >= 15 is 0 Å². The highest BCUT2D eigenvalue weighted by atomic mass is 127. The monoisotopic (exact) mass is 448 g/mol. The van der Waals surface area contributed by atoms with E-state index in [4.69, 9.17) is 4.74 Å². The smallest absolute Gasteiger partial charge is 0.241 e. The summed E-state index contributed by atoms with van der Waals surface area (Å²) in [5, 5.41) is 6.32. The number of halogens is 1. The topological polar surface area (TPSA) is 66.0 Å². The average molecular weight is 448 g/mol. The van der Waals surface area contributed by atoms with Gasteiger partial charge >= 0.3 is 0 Å². The van der Waals surface area contributed by atoms with E-state index in [9.17, 15) is 4.79 Å². The van der Waals surface area contributed by atoms with Crippen molar-refractivity contribution in [2.24, 2.45) is 10.9 Å². The Morgan fingerprint density at radius 1 is 1.29 bits per heavy atom. The molecule has 7 heteroatoms. The quantitative estimate of drug-likeness (QED) is 0.381. The maximum Gasteiger partial charge on any atom is 0.241 e. The highest BCUT2D eigenvalue weighted by Gasteiger charge is 2.06. The van der Waals surface area contributed by atoms with Crippen LogP contribution in [-0.4, -0.2) is 51.1 Å². The van der Waals surface area contributed by atoms with Crippen LogP contribution in [0.25, 0.3) is 0 Å². The summed E-state index contributed by atoms with van der Waals surface area (Å²) in [5.41, 5.74) is 1.05. The first kappa shape index (κ1) is 22.5. The molecule has 0 unspecified atom stereocenters. The lowest BCUT2D eigenvalue weighted by molar-refractivity contribution is -0.127. The summed E-state index contributed by atoms with van der Waals surface area (Å²) in [7, 11) is 5.11. The second-order valence-corrected chi connectivity index (χ2v) is 5.93. The standard InChI is InChI=1S/C17H28N4O2.HI/c1-13(2)10-18-17(20-12-16(22)21(3)4)19-11-14-7-6-8-15(9-14)23-5;/h6-9,13H,10-12H2,1-5H3,(H2,18,19,20);1H. The van der Waals surface area contributed by atoms with E-state index in [-0.39, 0.29) is 36.4 Å². The molecule has 0 heterocycles. The minimum atomic E-state index is 0. The Morgan fingerprint density at radius 3 is 2.58 bits per heavy atom. The maximum absolute atomic E-state index is 11.7. The van der Waals surface area contributed by atoms with Crippen molar-refractivity contribution < 1.29 is 9.53 Å². The molecular weight excluding hydrogens is 419 g/mol. The SMILES string of the molecule is COc1cccc(CN=C(NCC(=O)N(C)C)NCC(C)C)c1.I. The molecule has 0 fully saturated rings. The van der Waals surface area contributed by atoms with Gasteiger partial charge in [-0.1, -0.05) is 26.0 Å². The van der Waals surface area contributed by atoms with Crippen molar-refractivity contribution in [2.75, 3.05) is 34.3 Å². The Hall–Kier alpha value is -1.51. The zero-order valence-electron chi connectivity index (χ0n) is 15.1. The number of ether oxygens (including phenoxy) is 1. The molecule has 0 spiro atoms. The zero-order valence-corrected chi connectivity index (χ0v) is 17.5. The van der Waals surface area contributed by atoms with Crippen LogP contribution in [0, 0.1) is 5.92 Å². The molecule has 1 amide bonds. The highest BCUT2D eigenvalue weighted by molar-refractivity contribution is 14.0. The second kappa shape index (κ2) is 11.9. The van der Waals surface area contributed by atoms with Crippen molar-refractivity contribution >= 4 is 35.8 Å². The van der Waals surface area contributed by atoms with Crippen LogP contribution in [0.3, 0.4) is 0 Å². The Bertz CT molecular complexity index is 533. The van der Waals surface area contributed by atoms with E-state index in [0.29, 0.717) is 18.4 Å². The lowest BCUT2D eigenvalue weighted by Crippen LogP contribution is -2.44. The third kappa shape index (κ3) is 8.95. The molecule has 24 heavy (non-hydrogen) atoms. The van der Waals surface area contributed by atoms with Gasteiger partial charge in [0.05, 0.1) is 20.2 Å². The number of nitrogens with zero attached hydrogens (tertiary/aromatic N) is 2. The third-order valence-corrected chi connectivity index (χ3v) is 3.14. The molecule has 1 aromatic rings. The molecule has 2 N–H and O–H groups in total. The summed E-state index contributed by atoms with van der Waals surface area (Å²) in [6, 6.07) is 7.79. The Morgan fingerprint density at radius 2 is 2.00 bits per heavy atom. The summed E-state index contributed by atoms with van der Waals surface area (Å²) < 4.78 is 5.22. The van der Waals surface area contributed by atoms with Gasteiger partial charge in [0, 0.05) is 20.6 Å². The van der Waals surface area contributed by atoms with Gasteiger partial charge in [0.15, 0.2) is 5.96 Å². The largest absolute Gasteiger partial charge is 0.497 e. The van der Waals surface area contributed by atoms with Gasteiger partial charge in [-0.15, -0.1) is 24.0 Å². The summed E-state index contributed by atoms with van der Waals surface area (Å²) in [5.74, 6) is 1.94. The third-order valence-electron chi connectivity index (χ3n) is 3.14. The van der Waals surface area contributed by atoms with Gasteiger partial charge in [-0.2, -0.15) is 0 Å². The van der Waals surface area contributed by atoms with E-state index in [1.807, 2.05) is 24.3 Å². The number of nitrogens with one attached hydrogen (secondary N) is 2. The Kier molecular flexibility index (Phi) is 11.2. The highest BCUT2D eigenvalue weighted by Crippen LogP contribution is 2.13. The average Bonchev–Trinajstić information content (AvgIpc) is 2.53. The van der Waals surface area contributed by atoms with Crippen LogP contribution in [0.15, 0.2) is 29.3 Å². The first-order valence-electron chi connectivity index (χ1n) is 7.77. The van der Waals surface area contributed by atoms with Gasteiger partial charge in [-0.05, 0) is 23.6 Å². The molecule has 0 aliphatic heterocycles. The van der Waals surface area contributed by atoms with Gasteiger partial charge in [-0.3, -0.25) is 4.79 Å². The molecule has 0 aliphatic rings. The normalized spacial score (nSPS) is 10.8. The molecule has 0 aromatic heterocycles. The van der Waals surface area contributed by atoms with Crippen molar-refractivity contribution in [2.45, 2.75) is 20.4 Å². The van der Waals surface area contributed by atoms with Gasteiger partial charge in [0.1, 0.15) is 5.75 Å². The van der Waals surface area contributed by atoms with Crippen LogP contribution in [0.4, 0.5) is 0 Å². The van der Waals surface area contributed by atoms with Crippen LogP contribution in [0.1, 0.15) is 19.4 Å². The fourth-order valence-corrected chi connectivity index (χ4v) is 1.73. The molecule has 1 rings (SSSR count). The molecule has 6 nitrogen and oxygen atoms in total. The first-order valence-corrected chi connectivity index (χ1v) is 7.77. The fourth-order valence-electron chi connectivity index (χ4n) is 1.73. The summed E-state index contributed by atoms with van der Waals surface area (Å²) in [6.45, 7) is 5.77. The van der Waals surface area contributed by atoms with E-state index in [0.717, 1.165) is 17.9 Å². The second-order valence-electron chi connectivity index (χ2n) is 5.93. The maximum atomic E-state index is 11.7. The predicted molar refractivity (Wildman–Crippen MR) is 109 cm³/mol. The number of guanidine groups is 1. The van der Waals surface area contributed by atoms with Gasteiger partial charge in [0.25, 0.3) is 0 Å². The van der Waals surface area contributed by atoms with Crippen molar-refractivity contribution in [3.8, 4) is 5.75 Å². The number of hydrogen-bond acceptors (Lipinski definition) is 3. The number of rotatable bonds is 7. The minimum absolute atomic E-state index is 0. The molecule has 0 saturated carbocycles. The van der Waals surface area contributed by atoms with Crippen LogP contribution in [0.2, 0.25) is 0 Å². The zero-order chi connectivity index (χ0) is 17.2. The molecule has 0 radical (unpaired) electrons. The van der Waals surface area contributed by atoms with Crippen LogP contribution < -0.4 is 15.4 Å². The van der Waals surface area contributed by atoms with Crippen molar-refractivity contribution in [3.63, 3.8) is 0 Å². The van der Waals surface area contributed by atoms with Crippen molar-refractivity contribution in [3.05, 3.63) is 29.8 Å². The number of likely N-dealkylation sites (N-methyl/N-ethyl adjacent to an activating group) is 1. The number of aliphatic imine (C=N–C) groups is 1. The van der Waals surface area contributed by atoms with Gasteiger partial charge in [-0.25, -0.2) is 4.99 Å². The van der Waals surface area contributed by atoms with Crippen LogP contribution >= 0.6 is 24.0 Å². The number of amides is 1. The Labute approximate surface area is 162 Å². The predicted octanol–water partition coefficient (Wildman–Crippen LogP) is 2.09. The number of carbonyl (C=O) groups excluding carboxylic acids is 1. The van der Waals surface area contributed by atoms with Crippen molar-refractivity contribution in [1.29, 1.82) is 0 Å². The fraction of sp³-hybridized carbons (Fsp3) is 0.529. The number of carbonyl (C=O) groups is 1. The van der Waals surface area contributed by atoms with Crippen LogP contribution in [-0.2, 0) is 11.3 Å². The minimum Gasteiger partial charge on any atom is -0.497 e. The van der Waals surface area contributed by atoms with E-state index in [1.54, 1.807) is 26.1 Å². The molecule has 0 aliphatic carbocycles. The summed E-state index contributed by atoms with van der Waals surface area (Å²) >= 11 is 0. The molecular formula is C17H29IN4O2. The van der Waals surface area contributed by atoms with Gasteiger partial charge in [0.2, 0.25) is 5.91 Å². The van der Waals surface area contributed by atoms with Gasteiger partial charge < -0.3 is 20.3 Å². The van der Waals surface area contributed by atoms with E-state index in [2.05, 4.69) is 29.5 Å². The first-order chi connectivity index (χ1) is 10.9.